The van der Waals surface area contributed by atoms with Crippen LogP contribution in [0.4, 0.5) is 13.2 Å². The smallest absolute Gasteiger partial charge is 0.261 e. The molecule has 0 saturated carbocycles. The highest BCUT2D eigenvalue weighted by Gasteiger charge is 2.08. The zero-order chi connectivity index (χ0) is 13.5. The van der Waals surface area contributed by atoms with Gasteiger partial charge in [-0.1, -0.05) is 17.7 Å². The molecule has 0 aromatic heterocycles. The van der Waals surface area contributed by atoms with Gasteiger partial charge in [0.05, 0.1) is 11.6 Å². The van der Waals surface area contributed by atoms with Crippen molar-refractivity contribution in [2.75, 3.05) is 13.2 Å². The first-order chi connectivity index (χ1) is 8.49. The fourth-order valence-corrected chi connectivity index (χ4v) is 1.44. The molecule has 0 radical (unpaired) electrons. The Labute approximate surface area is 108 Å². The maximum absolute atomic E-state index is 13.1. The summed E-state index contributed by atoms with van der Waals surface area (Å²) >= 11 is 5.50. The topological polar surface area (TPSA) is 26.3 Å². The molecule has 0 amide bonds. The van der Waals surface area contributed by atoms with Gasteiger partial charge < -0.3 is 4.74 Å². The second-order valence-corrected chi connectivity index (χ2v) is 4.09. The van der Waals surface area contributed by atoms with Crippen molar-refractivity contribution in [3.05, 3.63) is 34.6 Å². The van der Waals surface area contributed by atoms with E-state index < -0.39 is 18.8 Å². The standard InChI is InChI=1S/C12H12ClF3O2/c13-10-2-1-8(6-11(10)14)5-9(17)3-4-18-7-12(15)16/h1-2,6,12H,3-5,7H2. The van der Waals surface area contributed by atoms with E-state index in [0.29, 0.717) is 5.56 Å². The lowest BCUT2D eigenvalue weighted by atomic mass is 10.1. The van der Waals surface area contributed by atoms with Gasteiger partial charge >= 0.3 is 0 Å². The molecule has 6 heteroatoms. The van der Waals surface area contributed by atoms with Crippen molar-refractivity contribution in [1.82, 2.24) is 0 Å². The van der Waals surface area contributed by atoms with E-state index in [4.69, 9.17) is 11.6 Å². The van der Waals surface area contributed by atoms with Crippen molar-refractivity contribution < 1.29 is 22.7 Å². The molecule has 0 aliphatic heterocycles. The third-order valence-corrected chi connectivity index (χ3v) is 2.46. The second kappa shape index (κ2) is 7.38. The molecule has 0 fully saturated rings. The quantitative estimate of drug-likeness (QED) is 0.717. The maximum atomic E-state index is 13.1. The molecule has 0 bridgehead atoms. The molecule has 0 unspecified atom stereocenters. The number of ketones is 1. The number of alkyl halides is 2. The number of hydrogen-bond donors (Lipinski definition) is 0. The number of carbonyl (C=O) groups is 1. The summed E-state index contributed by atoms with van der Waals surface area (Å²) in [7, 11) is 0. The van der Waals surface area contributed by atoms with Gasteiger partial charge in [0.1, 0.15) is 18.2 Å². The van der Waals surface area contributed by atoms with Crippen LogP contribution in [0.15, 0.2) is 18.2 Å². The molecule has 2 nitrogen and oxygen atoms in total. The summed E-state index contributed by atoms with van der Waals surface area (Å²) in [6.45, 7) is -0.734. The summed E-state index contributed by atoms with van der Waals surface area (Å²) in [6.07, 6.45) is -2.48. The Morgan fingerprint density at radius 1 is 1.39 bits per heavy atom. The zero-order valence-electron chi connectivity index (χ0n) is 9.47. The van der Waals surface area contributed by atoms with Crippen molar-refractivity contribution in [3.63, 3.8) is 0 Å². The number of Topliss-reactive ketones (excluding diaryl/α,β-unsaturated/α-hetero) is 1. The summed E-state index contributed by atoms with van der Waals surface area (Å²) in [5.41, 5.74) is 0.496. The minimum Gasteiger partial charge on any atom is -0.375 e. The Morgan fingerprint density at radius 3 is 2.72 bits per heavy atom. The third kappa shape index (κ3) is 5.51. The maximum Gasteiger partial charge on any atom is 0.261 e. The van der Waals surface area contributed by atoms with E-state index in [-0.39, 0.29) is 30.3 Å². The van der Waals surface area contributed by atoms with Gasteiger partial charge in [0, 0.05) is 12.8 Å². The van der Waals surface area contributed by atoms with E-state index in [2.05, 4.69) is 4.74 Å². The first-order valence-electron chi connectivity index (χ1n) is 5.30. The van der Waals surface area contributed by atoms with Crippen LogP contribution in [0, 0.1) is 5.82 Å². The second-order valence-electron chi connectivity index (χ2n) is 3.68. The molecule has 0 saturated heterocycles. The molecule has 0 aliphatic rings. The SMILES string of the molecule is O=C(CCOCC(F)F)Cc1ccc(Cl)c(F)c1. The summed E-state index contributed by atoms with van der Waals surface area (Å²) < 4.78 is 41.1. The fourth-order valence-electron chi connectivity index (χ4n) is 1.32. The summed E-state index contributed by atoms with van der Waals surface area (Å²) in [4.78, 5) is 11.4. The van der Waals surface area contributed by atoms with Crippen molar-refractivity contribution >= 4 is 17.4 Å². The van der Waals surface area contributed by atoms with Crippen molar-refractivity contribution in [2.45, 2.75) is 19.3 Å². The Balaban J connectivity index is 2.33. The number of rotatable bonds is 7. The van der Waals surface area contributed by atoms with Crippen LogP contribution in [0.1, 0.15) is 12.0 Å². The van der Waals surface area contributed by atoms with Crippen molar-refractivity contribution in [1.29, 1.82) is 0 Å². The predicted molar refractivity (Wildman–Crippen MR) is 61.6 cm³/mol. The highest BCUT2D eigenvalue weighted by molar-refractivity contribution is 6.30. The number of halogens is 4. The number of carbonyl (C=O) groups excluding carboxylic acids is 1. The molecule has 0 spiro atoms. The first kappa shape index (κ1) is 15.0. The molecule has 18 heavy (non-hydrogen) atoms. The molecule has 1 rings (SSSR count). The van der Waals surface area contributed by atoms with Gasteiger partial charge in [-0.2, -0.15) is 0 Å². The van der Waals surface area contributed by atoms with Gasteiger partial charge in [-0.25, -0.2) is 13.2 Å². The Morgan fingerprint density at radius 2 is 2.11 bits per heavy atom. The summed E-state index contributed by atoms with van der Waals surface area (Å²) in [5, 5.41) is -0.00790. The lowest BCUT2D eigenvalue weighted by molar-refractivity contribution is -0.119. The minimum absolute atomic E-state index is 0.00790. The van der Waals surface area contributed by atoms with Gasteiger partial charge in [-0.15, -0.1) is 0 Å². The zero-order valence-corrected chi connectivity index (χ0v) is 10.2. The molecule has 1 aromatic carbocycles. The molecule has 1 aromatic rings. The number of benzene rings is 1. The fraction of sp³-hybridized carbons (Fsp3) is 0.417. The number of ether oxygens (including phenoxy) is 1. The van der Waals surface area contributed by atoms with Crippen LogP contribution in [0.5, 0.6) is 0 Å². The predicted octanol–water partition coefficient (Wildman–Crippen LogP) is 3.26. The van der Waals surface area contributed by atoms with Gasteiger partial charge in [-0.3, -0.25) is 4.79 Å². The number of hydrogen-bond acceptors (Lipinski definition) is 2. The highest BCUT2D eigenvalue weighted by atomic mass is 35.5. The average Bonchev–Trinajstić information content (AvgIpc) is 2.29. The average molecular weight is 281 g/mol. The molecule has 0 aliphatic carbocycles. The van der Waals surface area contributed by atoms with E-state index >= 15 is 0 Å². The van der Waals surface area contributed by atoms with Crippen LogP contribution in [0.2, 0.25) is 5.02 Å². The first-order valence-corrected chi connectivity index (χ1v) is 5.68. The van der Waals surface area contributed by atoms with Crippen LogP contribution >= 0.6 is 11.6 Å². The lowest BCUT2D eigenvalue weighted by Gasteiger charge is -2.04. The van der Waals surface area contributed by atoms with Crippen molar-refractivity contribution in [3.8, 4) is 0 Å². The highest BCUT2D eigenvalue weighted by Crippen LogP contribution is 2.16. The third-order valence-electron chi connectivity index (χ3n) is 2.15. The molecule has 0 heterocycles. The Hall–Kier alpha value is -1.07. The van der Waals surface area contributed by atoms with Crippen LogP contribution in [-0.4, -0.2) is 25.4 Å². The molecule has 0 atom stereocenters. The summed E-state index contributed by atoms with van der Waals surface area (Å²) in [6, 6.07) is 4.09. The van der Waals surface area contributed by atoms with Crippen LogP contribution in [0.3, 0.4) is 0 Å². The van der Waals surface area contributed by atoms with Gasteiger partial charge in [0.2, 0.25) is 0 Å². The largest absolute Gasteiger partial charge is 0.375 e. The monoisotopic (exact) mass is 280 g/mol. The van der Waals surface area contributed by atoms with E-state index in [1.165, 1.54) is 12.1 Å². The van der Waals surface area contributed by atoms with E-state index in [1.54, 1.807) is 6.07 Å². The van der Waals surface area contributed by atoms with Crippen LogP contribution in [-0.2, 0) is 16.0 Å². The van der Waals surface area contributed by atoms with Crippen LogP contribution in [0.25, 0.3) is 0 Å². The van der Waals surface area contributed by atoms with Crippen molar-refractivity contribution in [2.24, 2.45) is 0 Å². The van der Waals surface area contributed by atoms with E-state index in [0.717, 1.165) is 0 Å². The normalized spacial score (nSPS) is 10.9. The Kier molecular flexibility index (Phi) is 6.15. The van der Waals surface area contributed by atoms with E-state index in [1.807, 2.05) is 0 Å². The Bertz CT molecular complexity index is 410. The van der Waals surface area contributed by atoms with Gasteiger partial charge in [0.25, 0.3) is 6.43 Å². The lowest BCUT2D eigenvalue weighted by Crippen LogP contribution is -2.10. The summed E-state index contributed by atoms with van der Waals surface area (Å²) in [5.74, 6) is -0.790. The molecule has 100 valence electrons. The van der Waals surface area contributed by atoms with Crippen LogP contribution < -0.4 is 0 Å². The van der Waals surface area contributed by atoms with Gasteiger partial charge in [0.15, 0.2) is 0 Å². The molecular weight excluding hydrogens is 269 g/mol. The minimum atomic E-state index is -2.54. The van der Waals surface area contributed by atoms with Gasteiger partial charge in [-0.05, 0) is 17.7 Å². The molecular formula is C12H12ClF3O2. The van der Waals surface area contributed by atoms with E-state index in [9.17, 15) is 18.0 Å². The molecule has 0 N–H and O–H groups in total.